The van der Waals surface area contributed by atoms with Crippen molar-refractivity contribution in [3.8, 4) is 11.5 Å². The maximum atomic E-state index is 13.7. The molecule has 0 spiro atoms. The largest absolute Gasteiger partial charge is 0.493 e. The summed E-state index contributed by atoms with van der Waals surface area (Å²) < 4.78 is 10.8. The second-order valence-electron chi connectivity index (χ2n) is 8.74. The van der Waals surface area contributed by atoms with E-state index in [1.807, 2.05) is 77.7 Å². The normalized spacial score (nSPS) is 14.8. The molecule has 0 atom stereocenters. The molecule has 35 heavy (non-hydrogen) atoms. The second kappa shape index (κ2) is 10.1. The van der Waals surface area contributed by atoms with Gasteiger partial charge in [-0.15, -0.1) is 0 Å². The van der Waals surface area contributed by atoms with Crippen molar-refractivity contribution in [3.05, 3.63) is 89.7 Å². The fraction of sp³-hybridized carbons (Fsp3) is 0.241. The van der Waals surface area contributed by atoms with E-state index in [1.54, 1.807) is 14.2 Å². The lowest BCUT2D eigenvalue weighted by atomic mass is 9.94. The molecule has 178 valence electrons. The number of amides is 1. The summed E-state index contributed by atoms with van der Waals surface area (Å²) in [6, 6.07) is 23.6. The van der Waals surface area contributed by atoms with Gasteiger partial charge >= 0.3 is 0 Å². The summed E-state index contributed by atoms with van der Waals surface area (Å²) in [5, 5.41) is 0. The second-order valence-corrected chi connectivity index (χ2v) is 8.74. The number of rotatable bonds is 6. The van der Waals surface area contributed by atoms with E-state index >= 15 is 0 Å². The number of methoxy groups -OCH3 is 2. The van der Waals surface area contributed by atoms with Gasteiger partial charge in [-0.2, -0.15) is 0 Å². The van der Waals surface area contributed by atoms with Gasteiger partial charge in [0.1, 0.15) is 5.82 Å². The summed E-state index contributed by atoms with van der Waals surface area (Å²) in [7, 11) is 3.22. The van der Waals surface area contributed by atoms with Crippen LogP contribution in [0.1, 0.15) is 35.7 Å². The quantitative estimate of drug-likeness (QED) is 0.299. The molecule has 1 aliphatic heterocycles. The summed E-state index contributed by atoms with van der Waals surface area (Å²) in [6.07, 6.45) is 3.69. The lowest BCUT2D eigenvalue weighted by molar-refractivity contribution is -0.126. The lowest BCUT2D eigenvalue weighted by Gasteiger charge is -2.32. The molecule has 0 unspecified atom stereocenters. The Morgan fingerprint density at radius 3 is 2.37 bits per heavy atom. The Kier molecular flexibility index (Phi) is 6.53. The van der Waals surface area contributed by atoms with E-state index in [1.165, 1.54) is 0 Å². The Labute approximate surface area is 205 Å². The first-order valence-corrected chi connectivity index (χ1v) is 11.9. The average molecular weight is 468 g/mol. The van der Waals surface area contributed by atoms with Gasteiger partial charge < -0.3 is 19.4 Å². The number of hydrogen-bond acceptors (Lipinski definition) is 4. The van der Waals surface area contributed by atoms with Gasteiger partial charge in [-0.3, -0.25) is 4.79 Å². The highest BCUT2D eigenvalue weighted by Gasteiger charge is 2.28. The molecule has 0 radical (unpaired) electrons. The summed E-state index contributed by atoms with van der Waals surface area (Å²) in [5.41, 5.74) is 4.49. The number of ether oxygens (including phenoxy) is 2. The highest BCUT2D eigenvalue weighted by Crippen LogP contribution is 2.32. The van der Waals surface area contributed by atoms with Crippen LogP contribution < -0.4 is 9.47 Å². The first kappa shape index (κ1) is 22.7. The molecule has 6 nitrogen and oxygen atoms in total. The monoisotopic (exact) mass is 467 g/mol. The Balaban J connectivity index is 1.38. The van der Waals surface area contributed by atoms with Crippen molar-refractivity contribution in [1.29, 1.82) is 0 Å². The number of nitrogens with one attached hydrogen (secondary N) is 1. The minimum absolute atomic E-state index is 0.0361. The van der Waals surface area contributed by atoms with Gasteiger partial charge in [-0.25, -0.2) is 4.98 Å². The third-order valence-corrected chi connectivity index (χ3v) is 6.61. The molecule has 1 fully saturated rings. The van der Waals surface area contributed by atoms with E-state index in [0.29, 0.717) is 36.1 Å². The molecular formula is C29H29N3O3. The van der Waals surface area contributed by atoms with Gasteiger partial charge in [0, 0.05) is 24.6 Å². The van der Waals surface area contributed by atoms with E-state index in [0.717, 1.165) is 40.8 Å². The van der Waals surface area contributed by atoms with Crippen molar-refractivity contribution in [2.24, 2.45) is 0 Å². The SMILES string of the molecule is COc1ccc(/C=C(/C(=O)N2CCC(c3nc4ccccc4[nH]3)CC2)c2ccccc2)cc1OC. The highest BCUT2D eigenvalue weighted by atomic mass is 16.5. The smallest absolute Gasteiger partial charge is 0.254 e. The van der Waals surface area contributed by atoms with E-state index in [2.05, 4.69) is 11.1 Å². The van der Waals surface area contributed by atoms with Gasteiger partial charge in [0.05, 0.1) is 25.3 Å². The van der Waals surface area contributed by atoms with Crippen LogP contribution >= 0.6 is 0 Å². The number of likely N-dealkylation sites (tertiary alicyclic amines) is 1. The van der Waals surface area contributed by atoms with Crippen LogP contribution in [0.3, 0.4) is 0 Å². The third kappa shape index (κ3) is 4.78. The van der Waals surface area contributed by atoms with Gasteiger partial charge in [0.25, 0.3) is 5.91 Å². The zero-order chi connectivity index (χ0) is 24.2. The molecular weight excluding hydrogens is 438 g/mol. The first-order chi connectivity index (χ1) is 17.2. The molecule has 1 aliphatic rings. The van der Waals surface area contributed by atoms with Gasteiger partial charge in [-0.05, 0) is 54.3 Å². The highest BCUT2D eigenvalue weighted by molar-refractivity contribution is 6.24. The Morgan fingerprint density at radius 2 is 1.66 bits per heavy atom. The maximum absolute atomic E-state index is 13.7. The molecule has 1 saturated heterocycles. The summed E-state index contributed by atoms with van der Waals surface area (Å²) in [5.74, 6) is 2.66. The third-order valence-electron chi connectivity index (χ3n) is 6.61. The topological polar surface area (TPSA) is 67.5 Å². The lowest BCUT2D eigenvalue weighted by Crippen LogP contribution is -2.38. The number of H-pyrrole nitrogens is 1. The van der Waals surface area contributed by atoms with Crippen LogP contribution in [0.5, 0.6) is 11.5 Å². The summed E-state index contributed by atoms with van der Waals surface area (Å²) in [6.45, 7) is 1.38. The number of para-hydroxylation sites is 2. The fourth-order valence-corrected chi connectivity index (χ4v) is 4.69. The van der Waals surface area contributed by atoms with Crippen LogP contribution in [0.25, 0.3) is 22.7 Å². The number of imidazole rings is 1. The molecule has 2 heterocycles. The number of carbonyl (C=O) groups is 1. The van der Waals surface area contributed by atoms with Crippen LogP contribution in [-0.2, 0) is 4.79 Å². The van der Waals surface area contributed by atoms with Crippen molar-refractivity contribution < 1.29 is 14.3 Å². The van der Waals surface area contributed by atoms with Crippen molar-refractivity contribution in [2.45, 2.75) is 18.8 Å². The van der Waals surface area contributed by atoms with Gasteiger partial charge in [0.2, 0.25) is 0 Å². The zero-order valence-corrected chi connectivity index (χ0v) is 20.0. The van der Waals surface area contributed by atoms with Crippen LogP contribution in [0.2, 0.25) is 0 Å². The minimum Gasteiger partial charge on any atom is -0.493 e. The summed E-state index contributed by atoms with van der Waals surface area (Å²) >= 11 is 0. The Bertz CT molecular complexity index is 1320. The molecule has 6 heteroatoms. The molecule has 1 amide bonds. The molecule has 1 N–H and O–H groups in total. The molecule has 4 aromatic rings. The molecule has 5 rings (SSSR count). The van der Waals surface area contributed by atoms with Crippen molar-refractivity contribution in [1.82, 2.24) is 14.9 Å². The van der Waals surface area contributed by atoms with Crippen LogP contribution in [-0.4, -0.2) is 48.1 Å². The Hall–Kier alpha value is -4.06. The van der Waals surface area contributed by atoms with E-state index in [-0.39, 0.29) is 5.91 Å². The number of fused-ring (bicyclic) bond motifs is 1. The van der Waals surface area contributed by atoms with E-state index < -0.39 is 0 Å². The van der Waals surface area contributed by atoms with Crippen molar-refractivity contribution in [3.63, 3.8) is 0 Å². The summed E-state index contributed by atoms with van der Waals surface area (Å²) in [4.78, 5) is 23.9. The first-order valence-electron chi connectivity index (χ1n) is 11.9. The van der Waals surface area contributed by atoms with Crippen LogP contribution in [0.15, 0.2) is 72.8 Å². The molecule has 0 aliphatic carbocycles. The zero-order valence-electron chi connectivity index (χ0n) is 20.0. The predicted molar refractivity (Wildman–Crippen MR) is 139 cm³/mol. The average Bonchev–Trinajstić information content (AvgIpc) is 3.36. The number of piperidine rings is 1. The van der Waals surface area contributed by atoms with E-state index in [4.69, 9.17) is 14.5 Å². The van der Waals surface area contributed by atoms with Crippen LogP contribution in [0.4, 0.5) is 0 Å². The van der Waals surface area contributed by atoms with Crippen molar-refractivity contribution >= 4 is 28.6 Å². The fourth-order valence-electron chi connectivity index (χ4n) is 4.69. The predicted octanol–water partition coefficient (Wildman–Crippen LogP) is 5.53. The number of benzene rings is 3. The van der Waals surface area contributed by atoms with E-state index in [9.17, 15) is 4.79 Å². The Morgan fingerprint density at radius 1 is 0.943 bits per heavy atom. The standard InChI is InChI=1S/C29H29N3O3/c1-34-26-13-12-20(19-27(26)35-2)18-23(21-8-4-3-5-9-21)29(33)32-16-14-22(15-17-32)28-30-24-10-6-7-11-25(24)31-28/h3-13,18-19,22H,14-17H2,1-2H3,(H,30,31)/b23-18+. The number of carbonyl (C=O) groups excluding carboxylic acids is 1. The van der Waals surface area contributed by atoms with Crippen molar-refractivity contribution in [2.75, 3.05) is 27.3 Å². The number of aromatic amines is 1. The van der Waals surface area contributed by atoms with Gasteiger partial charge in [-0.1, -0.05) is 48.5 Å². The number of aromatic nitrogens is 2. The minimum atomic E-state index is 0.0361. The number of hydrogen-bond donors (Lipinski definition) is 1. The maximum Gasteiger partial charge on any atom is 0.254 e. The molecule has 1 aromatic heterocycles. The van der Waals surface area contributed by atoms with Crippen LogP contribution in [0, 0.1) is 0 Å². The van der Waals surface area contributed by atoms with Gasteiger partial charge in [0.15, 0.2) is 11.5 Å². The molecule has 3 aromatic carbocycles. The molecule has 0 bridgehead atoms. The molecule has 0 saturated carbocycles. The number of nitrogens with zero attached hydrogens (tertiary/aromatic N) is 2.